The number of amides is 1. The number of nitrogens with zero attached hydrogens (tertiary/aromatic N) is 2. The van der Waals surface area contributed by atoms with Crippen LogP contribution in [0.25, 0.3) is 0 Å². The maximum Gasteiger partial charge on any atom is 0.243 e. The summed E-state index contributed by atoms with van der Waals surface area (Å²) in [6, 6.07) is 4.89. The lowest BCUT2D eigenvalue weighted by atomic mass is 10.0. The molecular weight excluding hydrogens is 402 g/mol. The monoisotopic (exact) mass is 437 g/mol. The van der Waals surface area contributed by atoms with Gasteiger partial charge in [-0.05, 0) is 63.6 Å². The second-order valence-corrected chi connectivity index (χ2v) is 10.7. The molecule has 2 heterocycles. The first-order valence-electron chi connectivity index (χ1n) is 11.1. The van der Waals surface area contributed by atoms with Gasteiger partial charge in [-0.2, -0.15) is 4.31 Å². The van der Waals surface area contributed by atoms with Crippen molar-refractivity contribution < 1.29 is 17.9 Å². The van der Waals surface area contributed by atoms with E-state index in [-0.39, 0.29) is 23.5 Å². The highest BCUT2D eigenvalue weighted by molar-refractivity contribution is 7.89. The summed E-state index contributed by atoms with van der Waals surface area (Å²) in [5, 5.41) is 3.15. The lowest BCUT2D eigenvalue weighted by Gasteiger charge is -2.31. The van der Waals surface area contributed by atoms with Crippen molar-refractivity contribution in [2.75, 3.05) is 38.0 Å². The lowest BCUT2D eigenvalue weighted by Crippen LogP contribution is -2.42. The van der Waals surface area contributed by atoms with Gasteiger partial charge in [0.1, 0.15) is 5.75 Å². The second kappa shape index (κ2) is 10.0. The number of hydrogen-bond donors (Lipinski definition) is 1. The third-order valence-electron chi connectivity index (χ3n) is 5.71. The molecule has 0 aromatic heterocycles. The van der Waals surface area contributed by atoms with Crippen LogP contribution in [0.3, 0.4) is 0 Å². The summed E-state index contributed by atoms with van der Waals surface area (Å²) in [4.78, 5) is 14.8. The summed E-state index contributed by atoms with van der Waals surface area (Å²) in [5.41, 5.74) is 0.542. The van der Waals surface area contributed by atoms with Gasteiger partial charge in [0.05, 0.1) is 23.2 Å². The first kappa shape index (κ1) is 22.9. The van der Waals surface area contributed by atoms with Gasteiger partial charge in [-0.25, -0.2) is 8.42 Å². The zero-order valence-corrected chi connectivity index (χ0v) is 19.2. The average molecular weight is 438 g/mol. The van der Waals surface area contributed by atoms with Gasteiger partial charge in [0.25, 0.3) is 0 Å². The van der Waals surface area contributed by atoms with Crippen molar-refractivity contribution in [2.24, 2.45) is 5.92 Å². The van der Waals surface area contributed by atoms with E-state index in [0.29, 0.717) is 30.4 Å². The third-order valence-corrected chi connectivity index (χ3v) is 7.60. The first-order chi connectivity index (χ1) is 14.3. The minimum atomic E-state index is -3.55. The van der Waals surface area contributed by atoms with Gasteiger partial charge in [-0.1, -0.05) is 13.3 Å². The Hall–Kier alpha value is -1.80. The number of nitrogens with one attached hydrogen (secondary N) is 1. The molecule has 1 N–H and O–H groups in total. The van der Waals surface area contributed by atoms with Gasteiger partial charge in [0, 0.05) is 26.2 Å². The van der Waals surface area contributed by atoms with E-state index in [9.17, 15) is 13.2 Å². The van der Waals surface area contributed by atoms with Crippen LogP contribution in [0.2, 0.25) is 0 Å². The number of carbonyl (C=O) groups is 1. The van der Waals surface area contributed by atoms with Gasteiger partial charge < -0.3 is 15.0 Å². The van der Waals surface area contributed by atoms with Crippen LogP contribution in [-0.4, -0.2) is 62.4 Å². The number of piperidine rings is 2. The van der Waals surface area contributed by atoms with E-state index in [1.165, 1.54) is 0 Å². The van der Waals surface area contributed by atoms with Crippen LogP contribution in [0, 0.1) is 5.92 Å². The fourth-order valence-electron chi connectivity index (χ4n) is 4.12. The predicted octanol–water partition coefficient (Wildman–Crippen LogP) is 3.32. The molecule has 2 aliphatic rings. The SMILES string of the molecule is CC(C)Oc1ccc(S(=O)(=O)N2CCCCC2)cc1NCC(=O)N1CCC[C@H](C)C1. The quantitative estimate of drug-likeness (QED) is 0.708. The van der Waals surface area contributed by atoms with Crippen LogP contribution in [-0.2, 0) is 14.8 Å². The fourth-order valence-corrected chi connectivity index (χ4v) is 5.66. The zero-order chi connectivity index (χ0) is 21.7. The van der Waals surface area contributed by atoms with E-state index in [4.69, 9.17) is 4.74 Å². The first-order valence-corrected chi connectivity index (χ1v) is 12.5. The molecule has 2 fully saturated rings. The Morgan fingerprint density at radius 2 is 1.90 bits per heavy atom. The highest BCUT2D eigenvalue weighted by Gasteiger charge is 2.27. The van der Waals surface area contributed by atoms with Crippen molar-refractivity contribution >= 4 is 21.6 Å². The van der Waals surface area contributed by atoms with E-state index >= 15 is 0 Å². The van der Waals surface area contributed by atoms with Gasteiger partial charge >= 0.3 is 0 Å². The molecule has 0 saturated carbocycles. The number of rotatable bonds is 7. The summed E-state index contributed by atoms with van der Waals surface area (Å²) in [7, 11) is -3.55. The minimum absolute atomic E-state index is 0.0290. The Morgan fingerprint density at radius 1 is 1.17 bits per heavy atom. The highest BCUT2D eigenvalue weighted by Crippen LogP contribution is 2.31. The Kier molecular flexibility index (Phi) is 7.63. The minimum Gasteiger partial charge on any atom is -0.489 e. The maximum atomic E-state index is 13.1. The average Bonchev–Trinajstić information content (AvgIpc) is 2.73. The van der Waals surface area contributed by atoms with Crippen LogP contribution in [0.1, 0.15) is 52.9 Å². The predicted molar refractivity (Wildman–Crippen MR) is 118 cm³/mol. The molecule has 7 nitrogen and oxygen atoms in total. The van der Waals surface area contributed by atoms with E-state index in [1.54, 1.807) is 22.5 Å². The zero-order valence-electron chi connectivity index (χ0n) is 18.4. The van der Waals surface area contributed by atoms with Crippen molar-refractivity contribution in [2.45, 2.75) is 63.9 Å². The summed E-state index contributed by atoms with van der Waals surface area (Å²) in [6.45, 7) is 8.79. The Balaban J connectivity index is 1.78. The standard InChI is InChI=1S/C22H35N3O4S/c1-17(2)29-21-10-9-19(30(27,28)25-12-5-4-6-13-25)14-20(21)23-15-22(26)24-11-7-8-18(3)16-24/h9-10,14,17-18,23H,4-8,11-13,15-16H2,1-3H3/t18-/m0/s1. The van der Waals surface area contributed by atoms with E-state index < -0.39 is 10.0 Å². The Labute approximate surface area is 180 Å². The largest absolute Gasteiger partial charge is 0.489 e. The number of anilines is 1. The molecule has 1 amide bonds. The second-order valence-electron chi connectivity index (χ2n) is 8.73. The molecule has 3 rings (SSSR count). The van der Waals surface area contributed by atoms with Gasteiger partial charge in [-0.15, -0.1) is 0 Å². The van der Waals surface area contributed by atoms with Crippen LogP contribution in [0.5, 0.6) is 5.75 Å². The van der Waals surface area contributed by atoms with Crippen LogP contribution in [0.4, 0.5) is 5.69 Å². The smallest absolute Gasteiger partial charge is 0.243 e. The molecule has 1 aromatic carbocycles. The number of hydrogen-bond acceptors (Lipinski definition) is 5. The van der Waals surface area contributed by atoms with Crippen molar-refractivity contribution in [1.82, 2.24) is 9.21 Å². The van der Waals surface area contributed by atoms with E-state index in [1.807, 2.05) is 18.7 Å². The maximum absolute atomic E-state index is 13.1. The number of sulfonamides is 1. The van der Waals surface area contributed by atoms with E-state index in [0.717, 1.165) is 45.2 Å². The third kappa shape index (κ3) is 5.66. The number of ether oxygens (including phenoxy) is 1. The normalized spacial score (nSPS) is 20.9. The van der Waals surface area contributed by atoms with Crippen molar-refractivity contribution in [3.63, 3.8) is 0 Å². The molecule has 0 bridgehead atoms. The van der Waals surface area contributed by atoms with Crippen LogP contribution in [0.15, 0.2) is 23.1 Å². The van der Waals surface area contributed by atoms with Crippen LogP contribution >= 0.6 is 0 Å². The topological polar surface area (TPSA) is 79.0 Å². The Bertz CT molecular complexity index is 835. The highest BCUT2D eigenvalue weighted by atomic mass is 32.2. The van der Waals surface area contributed by atoms with E-state index in [2.05, 4.69) is 12.2 Å². The van der Waals surface area contributed by atoms with Crippen LogP contribution < -0.4 is 10.1 Å². The lowest BCUT2D eigenvalue weighted by molar-refractivity contribution is -0.130. The Morgan fingerprint density at radius 3 is 2.57 bits per heavy atom. The molecular formula is C22H35N3O4S. The summed E-state index contributed by atoms with van der Waals surface area (Å²) < 4.78 is 33.6. The molecule has 1 atom stereocenters. The summed E-state index contributed by atoms with van der Waals surface area (Å²) in [6.07, 6.45) is 4.97. The van der Waals surface area contributed by atoms with Gasteiger partial charge in [-0.3, -0.25) is 4.79 Å². The van der Waals surface area contributed by atoms with Gasteiger partial charge in [0.15, 0.2) is 0 Å². The molecule has 168 valence electrons. The number of benzene rings is 1. The summed E-state index contributed by atoms with van der Waals surface area (Å²) >= 11 is 0. The number of likely N-dealkylation sites (tertiary alicyclic amines) is 1. The summed E-state index contributed by atoms with van der Waals surface area (Å²) in [5.74, 6) is 1.10. The van der Waals surface area contributed by atoms with Crippen molar-refractivity contribution in [1.29, 1.82) is 0 Å². The molecule has 0 spiro atoms. The fraction of sp³-hybridized carbons (Fsp3) is 0.682. The number of carbonyl (C=O) groups excluding carboxylic acids is 1. The molecule has 1 aromatic rings. The molecule has 0 radical (unpaired) electrons. The molecule has 2 aliphatic heterocycles. The molecule has 0 aliphatic carbocycles. The molecule has 8 heteroatoms. The molecule has 2 saturated heterocycles. The van der Waals surface area contributed by atoms with Crippen molar-refractivity contribution in [3.05, 3.63) is 18.2 Å². The van der Waals surface area contributed by atoms with Gasteiger partial charge in [0.2, 0.25) is 15.9 Å². The van der Waals surface area contributed by atoms with Crippen molar-refractivity contribution in [3.8, 4) is 5.75 Å². The molecule has 30 heavy (non-hydrogen) atoms. The molecule has 0 unspecified atom stereocenters.